The molecule has 1 amide bonds. The molecule has 6 heteroatoms. The molecule has 5 nitrogen and oxygen atoms in total. The Kier molecular flexibility index (Phi) is 5.23. The van der Waals surface area contributed by atoms with Crippen molar-refractivity contribution >= 4 is 27.8 Å². The lowest BCUT2D eigenvalue weighted by molar-refractivity contribution is -0.131. The standard InChI is InChI=1S/C17H19BrN4O/c18-14-5-1-4-13(12-14)15-6-2-11-22(15)16(23)7-10-21-17-19-8-3-9-20-17/h1,3-5,8-9,12,15H,2,6-7,10-11H2,(H,19,20,21)/t15-/m1/s1. The van der Waals surface area contributed by atoms with Gasteiger partial charge < -0.3 is 10.2 Å². The summed E-state index contributed by atoms with van der Waals surface area (Å²) in [6, 6.07) is 10.2. The van der Waals surface area contributed by atoms with Crippen molar-refractivity contribution in [2.75, 3.05) is 18.4 Å². The van der Waals surface area contributed by atoms with Crippen molar-refractivity contribution in [1.82, 2.24) is 14.9 Å². The third-order valence-electron chi connectivity index (χ3n) is 3.99. The zero-order valence-corrected chi connectivity index (χ0v) is 14.4. The molecule has 1 saturated heterocycles. The second-order valence-electron chi connectivity index (χ2n) is 5.55. The summed E-state index contributed by atoms with van der Waals surface area (Å²) >= 11 is 3.51. The molecule has 1 aliphatic rings. The van der Waals surface area contributed by atoms with Crippen LogP contribution < -0.4 is 5.32 Å². The SMILES string of the molecule is O=C(CCNc1ncccn1)N1CCC[C@@H]1c1cccc(Br)c1. The third kappa shape index (κ3) is 4.07. The first kappa shape index (κ1) is 15.9. The maximum absolute atomic E-state index is 12.5. The van der Waals surface area contributed by atoms with Crippen LogP contribution in [0.5, 0.6) is 0 Å². The van der Waals surface area contributed by atoms with E-state index in [1.165, 1.54) is 5.56 Å². The molecule has 1 atom stereocenters. The van der Waals surface area contributed by atoms with Crippen molar-refractivity contribution in [2.24, 2.45) is 0 Å². The number of hydrogen-bond acceptors (Lipinski definition) is 4. The fraction of sp³-hybridized carbons (Fsp3) is 0.353. The van der Waals surface area contributed by atoms with Gasteiger partial charge >= 0.3 is 0 Å². The first-order chi connectivity index (χ1) is 11.2. The van der Waals surface area contributed by atoms with Gasteiger partial charge in [0, 0.05) is 36.4 Å². The van der Waals surface area contributed by atoms with Crippen LogP contribution in [0.3, 0.4) is 0 Å². The highest BCUT2D eigenvalue weighted by Gasteiger charge is 2.29. The minimum absolute atomic E-state index is 0.177. The summed E-state index contributed by atoms with van der Waals surface area (Å²) < 4.78 is 1.05. The third-order valence-corrected chi connectivity index (χ3v) is 4.49. The summed E-state index contributed by atoms with van der Waals surface area (Å²) in [6.07, 6.45) is 5.89. The van der Waals surface area contributed by atoms with Gasteiger partial charge in [0.1, 0.15) is 0 Å². The molecule has 120 valence electrons. The molecule has 0 aliphatic carbocycles. The van der Waals surface area contributed by atoms with Gasteiger partial charge in [-0.25, -0.2) is 9.97 Å². The molecule has 2 aromatic rings. The minimum atomic E-state index is 0.177. The molecule has 0 radical (unpaired) electrons. The lowest BCUT2D eigenvalue weighted by atomic mass is 10.0. The maximum atomic E-state index is 12.5. The first-order valence-electron chi connectivity index (χ1n) is 7.80. The van der Waals surface area contributed by atoms with E-state index in [2.05, 4.69) is 43.3 Å². The number of likely N-dealkylation sites (tertiary alicyclic amines) is 1. The lowest BCUT2D eigenvalue weighted by Crippen LogP contribution is -2.31. The number of amides is 1. The average molecular weight is 375 g/mol. The molecular formula is C17H19BrN4O. The van der Waals surface area contributed by atoms with E-state index in [-0.39, 0.29) is 11.9 Å². The highest BCUT2D eigenvalue weighted by molar-refractivity contribution is 9.10. The fourth-order valence-corrected chi connectivity index (χ4v) is 3.36. The zero-order valence-electron chi connectivity index (χ0n) is 12.8. The maximum Gasteiger partial charge on any atom is 0.224 e. The van der Waals surface area contributed by atoms with E-state index >= 15 is 0 Å². The number of aromatic nitrogens is 2. The molecular weight excluding hydrogens is 356 g/mol. The van der Waals surface area contributed by atoms with Crippen molar-refractivity contribution in [1.29, 1.82) is 0 Å². The molecule has 1 aromatic carbocycles. The van der Waals surface area contributed by atoms with Gasteiger partial charge in [-0.1, -0.05) is 28.1 Å². The van der Waals surface area contributed by atoms with Crippen molar-refractivity contribution < 1.29 is 4.79 Å². The number of anilines is 1. The molecule has 1 aromatic heterocycles. The first-order valence-corrected chi connectivity index (χ1v) is 8.59. The summed E-state index contributed by atoms with van der Waals surface area (Å²) in [5, 5.41) is 3.09. The van der Waals surface area contributed by atoms with Crippen molar-refractivity contribution in [3.8, 4) is 0 Å². The molecule has 0 unspecified atom stereocenters. The summed E-state index contributed by atoms with van der Waals surface area (Å²) in [5.41, 5.74) is 1.20. The zero-order chi connectivity index (χ0) is 16.1. The molecule has 3 rings (SSSR count). The molecule has 2 heterocycles. The average Bonchev–Trinajstić information content (AvgIpc) is 3.05. The Morgan fingerprint density at radius 3 is 2.91 bits per heavy atom. The predicted octanol–water partition coefficient (Wildman–Crippen LogP) is 3.40. The molecule has 0 saturated carbocycles. The van der Waals surface area contributed by atoms with Gasteiger partial charge in [-0.05, 0) is 36.6 Å². The van der Waals surface area contributed by atoms with Crippen molar-refractivity contribution in [3.63, 3.8) is 0 Å². The van der Waals surface area contributed by atoms with E-state index in [0.29, 0.717) is 18.9 Å². The van der Waals surface area contributed by atoms with Crippen molar-refractivity contribution in [3.05, 3.63) is 52.8 Å². The van der Waals surface area contributed by atoms with Crippen LogP contribution in [0.25, 0.3) is 0 Å². The number of benzene rings is 1. The van der Waals surface area contributed by atoms with Gasteiger partial charge in [0.2, 0.25) is 11.9 Å². The van der Waals surface area contributed by atoms with E-state index in [4.69, 9.17) is 0 Å². The molecule has 0 bridgehead atoms. The van der Waals surface area contributed by atoms with Crippen LogP contribution >= 0.6 is 15.9 Å². The van der Waals surface area contributed by atoms with Gasteiger partial charge in [0.25, 0.3) is 0 Å². The highest BCUT2D eigenvalue weighted by Crippen LogP contribution is 2.33. The Hall–Kier alpha value is -1.95. The monoisotopic (exact) mass is 374 g/mol. The predicted molar refractivity (Wildman–Crippen MR) is 93.0 cm³/mol. The van der Waals surface area contributed by atoms with Crippen LogP contribution in [0.4, 0.5) is 5.95 Å². The van der Waals surface area contributed by atoms with Crippen LogP contribution in [0.15, 0.2) is 47.2 Å². The Labute approximate surface area is 144 Å². The van der Waals surface area contributed by atoms with E-state index < -0.39 is 0 Å². The molecule has 1 N–H and O–H groups in total. The van der Waals surface area contributed by atoms with Gasteiger partial charge in [-0.15, -0.1) is 0 Å². The number of nitrogens with zero attached hydrogens (tertiary/aromatic N) is 3. The molecule has 1 fully saturated rings. The van der Waals surface area contributed by atoms with Crippen LogP contribution in [0.1, 0.15) is 30.9 Å². The quantitative estimate of drug-likeness (QED) is 0.870. The number of hydrogen-bond donors (Lipinski definition) is 1. The number of rotatable bonds is 5. The summed E-state index contributed by atoms with van der Waals surface area (Å²) in [7, 11) is 0. The Bertz CT molecular complexity index is 665. The van der Waals surface area contributed by atoms with Gasteiger partial charge in [0.15, 0.2) is 0 Å². The highest BCUT2D eigenvalue weighted by atomic mass is 79.9. The van der Waals surface area contributed by atoms with Crippen LogP contribution in [-0.4, -0.2) is 33.9 Å². The lowest BCUT2D eigenvalue weighted by Gasteiger charge is -2.25. The fourth-order valence-electron chi connectivity index (χ4n) is 2.94. The van der Waals surface area contributed by atoms with Gasteiger partial charge in [0.05, 0.1) is 6.04 Å². The number of carbonyl (C=O) groups is 1. The van der Waals surface area contributed by atoms with E-state index in [1.54, 1.807) is 18.5 Å². The summed E-state index contributed by atoms with van der Waals surface area (Å²) in [6.45, 7) is 1.38. The normalized spacial score (nSPS) is 17.3. The topological polar surface area (TPSA) is 58.1 Å². The Morgan fingerprint density at radius 2 is 2.13 bits per heavy atom. The molecule has 1 aliphatic heterocycles. The second kappa shape index (κ2) is 7.55. The van der Waals surface area contributed by atoms with E-state index in [9.17, 15) is 4.79 Å². The number of nitrogens with one attached hydrogen (secondary N) is 1. The van der Waals surface area contributed by atoms with Gasteiger partial charge in [-0.2, -0.15) is 0 Å². The molecule has 0 spiro atoms. The minimum Gasteiger partial charge on any atom is -0.354 e. The Balaban J connectivity index is 1.58. The van der Waals surface area contributed by atoms with Crippen LogP contribution in [0, 0.1) is 0 Å². The van der Waals surface area contributed by atoms with Crippen molar-refractivity contribution in [2.45, 2.75) is 25.3 Å². The number of halogens is 1. The van der Waals surface area contributed by atoms with Crippen LogP contribution in [-0.2, 0) is 4.79 Å². The van der Waals surface area contributed by atoms with E-state index in [0.717, 1.165) is 23.9 Å². The summed E-state index contributed by atoms with van der Waals surface area (Å²) in [5.74, 6) is 0.737. The number of carbonyl (C=O) groups excluding carboxylic acids is 1. The van der Waals surface area contributed by atoms with Gasteiger partial charge in [-0.3, -0.25) is 4.79 Å². The second-order valence-corrected chi connectivity index (χ2v) is 6.47. The largest absolute Gasteiger partial charge is 0.354 e. The summed E-state index contributed by atoms with van der Waals surface area (Å²) in [4.78, 5) is 22.7. The Morgan fingerprint density at radius 1 is 1.30 bits per heavy atom. The molecule has 23 heavy (non-hydrogen) atoms. The van der Waals surface area contributed by atoms with E-state index in [1.807, 2.05) is 17.0 Å². The smallest absolute Gasteiger partial charge is 0.224 e. The van der Waals surface area contributed by atoms with Crippen LogP contribution in [0.2, 0.25) is 0 Å².